The fourth-order valence-corrected chi connectivity index (χ4v) is 2.26. The maximum absolute atomic E-state index is 11.9. The van der Waals surface area contributed by atoms with Crippen molar-refractivity contribution in [2.24, 2.45) is 7.05 Å². The number of anilines is 1. The lowest BCUT2D eigenvalue weighted by Gasteiger charge is -2.00. The van der Waals surface area contributed by atoms with Gasteiger partial charge in [0.2, 0.25) is 0 Å². The van der Waals surface area contributed by atoms with Crippen LogP contribution in [0.1, 0.15) is 0 Å². The zero-order valence-electron chi connectivity index (χ0n) is 8.82. The van der Waals surface area contributed by atoms with Crippen molar-refractivity contribution in [3.8, 4) is 0 Å². The van der Waals surface area contributed by atoms with Crippen LogP contribution in [0.4, 0.5) is 5.82 Å². The van der Waals surface area contributed by atoms with E-state index >= 15 is 0 Å². The molecule has 0 aliphatic carbocycles. The van der Waals surface area contributed by atoms with Gasteiger partial charge in [0.15, 0.2) is 5.43 Å². The molecule has 0 spiro atoms. The van der Waals surface area contributed by atoms with Crippen LogP contribution in [0.2, 0.25) is 0 Å². The van der Waals surface area contributed by atoms with Crippen molar-refractivity contribution in [2.45, 2.75) is 0 Å². The number of pyridine rings is 1. The minimum Gasteiger partial charge on any atom is -0.384 e. The summed E-state index contributed by atoms with van der Waals surface area (Å²) in [6.45, 7) is 0. The summed E-state index contributed by atoms with van der Waals surface area (Å²) in [5, 5.41) is 1.64. The Balaban J connectivity index is 2.77. The summed E-state index contributed by atoms with van der Waals surface area (Å²) in [6, 6.07) is 7.16. The second kappa shape index (κ2) is 2.88. The molecule has 0 bridgehead atoms. The Labute approximate surface area is 91.3 Å². The van der Waals surface area contributed by atoms with Crippen LogP contribution in [0.25, 0.3) is 21.8 Å². The van der Waals surface area contributed by atoms with Gasteiger partial charge in [-0.3, -0.25) is 4.79 Å². The van der Waals surface area contributed by atoms with E-state index in [0.717, 1.165) is 21.8 Å². The van der Waals surface area contributed by atoms with E-state index in [4.69, 9.17) is 5.73 Å². The zero-order chi connectivity index (χ0) is 11.3. The van der Waals surface area contributed by atoms with Crippen LogP contribution in [0, 0.1) is 0 Å². The Bertz CT molecular complexity index is 752. The number of aryl methyl sites for hydroxylation is 1. The predicted molar refractivity (Wildman–Crippen MR) is 65.5 cm³/mol. The van der Waals surface area contributed by atoms with Gasteiger partial charge in [-0.05, 0) is 18.2 Å². The Kier molecular flexibility index (Phi) is 1.63. The number of hydrogen-bond acceptors (Lipinski definition) is 2. The minimum atomic E-state index is 0.0358. The quantitative estimate of drug-likeness (QED) is 0.595. The van der Waals surface area contributed by atoms with Gasteiger partial charge in [-0.1, -0.05) is 6.07 Å². The van der Waals surface area contributed by atoms with Gasteiger partial charge in [-0.15, -0.1) is 0 Å². The van der Waals surface area contributed by atoms with Crippen LogP contribution in [0.15, 0.2) is 35.3 Å². The molecule has 4 nitrogen and oxygen atoms in total. The molecule has 0 fully saturated rings. The molecule has 80 valence electrons. The van der Waals surface area contributed by atoms with E-state index in [9.17, 15) is 4.79 Å². The van der Waals surface area contributed by atoms with Gasteiger partial charge < -0.3 is 15.3 Å². The van der Waals surface area contributed by atoms with E-state index in [1.807, 2.05) is 23.7 Å². The third-order valence-corrected chi connectivity index (χ3v) is 2.97. The monoisotopic (exact) mass is 213 g/mol. The first-order valence-electron chi connectivity index (χ1n) is 5.04. The highest BCUT2D eigenvalue weighted by Crippen LogP contribution is 2.27. The molecule has 4 heteroatoms. The second-order valence-electron chi connectivity index (χ2n) is 3.86. The Morgan fingerprint density at radius 2 is 2.12 bits per heavy atom. The number of fused-ring (bicyclic) bond motifs is 3. The highest BCUT2D eigenvalue weighted by atomic mass is 16.1. The second-order valence-corrected chi connectivity index (χ2v) is 3.86. The summed E-state index contributed by atoms with van der Waals surface area (Å²) in [4.78, 5) is 14.8. The molecule has 0 aliphatic heterocycles. The van der Waals surface area contributed by atoms with E-state index < -0.39 is 0 Å². The fourth-order valence-electron chi connectivity index (χ4n) is 2.26. The number of benzene rings is 1. The van der Waals surface area contributed by atoms with Crippen LogP contribution in [-0.4, -0.2) is 9.55 Å². The van der Waals surface area contributed by atoms with Crippen LogP contribution in [0.3, 0.4) is 0 Å². The molecule has 0 aliphatic rings. The number of aromatic amines is 1. The largest absolute Gasteiger partial charge is 0.384 e. The summed E-state index contributed by atoms with van der Waals surface area (Å²) in [5.74, 6) is 0.579. The summed E-state index contributed by atoms with van der Waals surface area (Å²) in [6.07, 6.45) is 1.75. The summed E-state index contributed by atoms with van der Waals surface area (Å²) in [7, 11) is 1.91. The maximum Gasteiger partial charge on any atom is 0.188 e. The molecular formula is C12H11N3O. The molecule has 3 aromatic rings. The number of hydrogen-bond donors (Lipinski definition) is 2. The maximum atomic E-state index is 11.9. The molecule has 2 heterocycles. The van der Waals surface area contributed by atoms with Gasteiger partial charge >= 0.3 is 0 Å². The van der Waals surface area contributed by atoms with E-state index in [0.29, 0.717) is 5.82 Å². The lowest BCUT2D eigenvalue weighted by Crippen LogP contribution is -1.97. The Hall–Kier alpha value is -2.23. The molecule has 0 unspecified atom stereocenters. The molecule has 0 saturated carbocycles. The van der Waals surface area contributed by atoms with Gasteiger partial charge in [0.1, 0.15) is 5.82 Å². The number of nitrogen functional groups attached to an aromatic ring is 1. The van der Waals surface area contributed by atoms with Crippen LogP contribution < -0.4 is 11.2 Å². The lowest BCUT2D eigenvalue weighted by atomic mass is 10.2. The summed E-state index contributed by atoms with van der Waals surface area (Å²) in [5.41, 5.74) is 7.72. The summed E-state index contributed by atoms with van der Waals surface area (Å²) < 4.78 is 1.94. The van der Waals surface area contributed by atoms with E-state index in [-0.39, 0.29) is 5.43 Å². The molecular weight excluding hydrogens is 202 g/mol. The average molecular weight is 213 g/mol. The van der Waals surface area contributed by atoms with Gasteiger partial charge in [0.25, 0.3) is 0 Å². The lowest BCUT2D eigenvalue weighted by molar-refractivity contribution is 1.01. The first-order chi connectivity index (χ1) is 7.70. The van der Waals surface area contributed by atoms with Gasteiger partial charge in [0.05, 0.1) is 16.4 Å². The number of aromatic nitrogens is 2. The van der Waals surface area contributed by atoms with Crippen molar-refractivity contribution in [3.05, 3.63) is 40.7 Å². The number of nitrogens with zero attached hydrogens (tertiary/aromatic N) is 1. The van der Waals surface area contributed by atoms with Gasteiger partial charge in [0, 0.05) is 18.6 Å². The van der Waals surface area contributed by atoms with Gasteiger partial charge in [-0.25, -0.2) is 0 Å². The van der Waals surface area contributed by atoms with Crippen molar-refractivity contribution < 1.29 is 0 Å². The van der Waals surface area contributed by atoms with E-state index in [1.165, 1.54) is 0 Å². The Morgan fingerprint density at radius 1 is 1.31 bits per heavy atom. The SMILES string of the molecule is Cn1c2cccc(=O)c2c2cc[nH]c(N)c21. The highest BCUT2D eigenvalue weighted by Gasteiger charge is 2.11. The third-order valence-electron chi connectivity index (χ3n) is 2.97. The molecule has 0 amide bonds. The van der Waals surface area contributed by atoms with E-state index in [1.54, 1.807) is 18.3 Å². The number of H-pyrrole nitrogens is 1. The molecule has 0 atom stereocenters. The molecule has 0 radical (unpaired) electrons. The van der Waals surface area contributed by atoms with Crippen molar-refractivity contribution in [1.29, 1.82) is 0 Å². The topological polar surface area (TPSA) is 63.8 Å². The van der Waals surface area contributed by atoms with Crippen molar-refractivity contribution in [1.82, 2.24) is 9.55 Å². The highest BCUT2D eigenvalue weighted by molar-refractivity contribution is 6.10. The fraction of sp³-hybridized carbons (Fsp3) is 0.0833. The molecule has 1 aromatic carbocycles. The Morgan fingerprint density at radius 3 is 2.94 bits per heavy atom. The van der Waals surface area contributed by atoms with Crippen molar-refractivity contribution in [2.75, 3.05) is 5.73 Å². The first kappa shape index (κ1) is 9.03. The number of nitrogens with two attached hydrogens (primary N) is 1. The molecule has 2 aromatic heterocycles. The van der Waals surface area contributed by atoms with Crippen molar-refractivity contribution in [3.63, 3.8) is 0 Å². The average Bonchev–Trinajstić information content (AvgIpc) is 2.56. The standard InChI is InChI=1S/C12H11N3O/c1-15-8-3-2-4-9(16)10(8)7-5-6-14-12(13)11(7)15/h2-6,14H,13H2,1H3. The third kappa shape index (κ3) is 0.957. The first-order valence-corrected chi connectivity index (χ1v) is 5.04. The summed E-state index contributed by atoms with van der Waals surface area (Å²) >= 11 is 0. The number of rotatable bonds is 0. The smallest absolute Gasteiger partial charge is 0.188 e. The predicted octanol–water partition coefficient (Wildman–Crippen LogP) is 1.60. The zero-order valence-corrected chi connectivity index (χ0v) is 8.82. The van der Waals surface area contributed by atoms with Crippen LogP contribution in [-0.2, 0) is 7.05 Å². The normalized spacial score (nSPS) is 11.3. The van der Waals surface area contributed by atoms with Gasteiger partial charge in [-0.2, -0.15) is 0 Å². The molecule has 16 heavy (non-hydrogen) atoms. The molecule has 3 rings (SSSR count). The minimum absolute atomic E-state index is 0.0358. The van der Waals surface area contributed by atoms with Crippen LogP contribution in [0.5, 0.6) is 0 Å². The number of nitrogens with one attached hydrogen (secondary N) is 1. The van der Waals surface area contributed by atoms with Crippen LogP contribution >= 0.6 is 0 Å². The van der Waals surface area contributed by atoms with E-state index in [2.05, 4.69) is 4.98 Å². The van der Waals surface area contributed by atoms with Crippen molar-refractivity contribution >= 4 is 27.6 Å². The molecule has 3 N–H and O–H groups in total. The molecule has 0 saturated heterocycles.